The first-order valence-corrected chi connectivity index (χ1v) is 6.63. The zero-order valence-electron chi connectivity index (χ0n) is 9.30. The number of thiophene rings is 1. The van der Waals surface area contributed by atoms with Crippen molar-refractivity contribution in [3.63, 3.8) is 0 Å². The van der Waals surface area contributed by atoms with Crippen molar-refractivity contribution in [2.45, 2.75) is 6.42 Å². The third-order valence-electron chi connectivity index (χ3n) is 2.70. The molecule has 0 saturated carbocycles. The minimum atomic E-state index is 0.314. The predicted molar refractivity (Wildman–Crippen MR) is 72.8 cm³/mol. The number of nitriles is 1. The van der Waals surface area contributed by atoms with Crippen LogP contribution in [-0.4, -0.2) is 9.38 Å². The van der Waals surface area contributed by atoms with Crippen molar-refractivity contribution >= 4 is 28.6 Å². The van der Waals surface area contributed by atoms with Crippen molar-refractivity contribution < 1.29 is 0 Å². The molecule has 0 atom stereocenters. The molecule has 0 spiro atoms. The van der Waals surface area contributed by atoms with Crippen molar-refractivity contribution in [1.29, 1.82) is 5.26 Å². The molecule has 0 bridgehead atoms. The lowest BCUT2D eigenvalue weighted by Crippen LogP contribution is -1.92. The summed E-state index contributed by atoms with van der Waals surface area (Å²) < 4.78 is 1.89. The fraction of sp³-hybridized carbons (Fsp3) is 0.0769. The number of fused-ring (bicyclic) bond motifs is 1. The standard InChI is InChI=1S/C13H8ClN3S/c14-9-3-1-7-17-10(5-6-15)12(16-13(9)17)11-4-2-8-18-11/h1-4,7-8H,5H2. The second kappa shape index (κ2) is 4.45. The molecule has 0 aliphatic rings. The van der Waals surface area contributed by atoms with Gasteiger partial charge in [-0.05, 0) is 23.6 Å². The number of hydrogen-bond acceptors (Lipinski definition) is 3. The number of rotatable bonds is 2. The molecule has 18 heavy (non-hydrogen) atoms. The zero-order valence-corrected chi connectivity index (χ0v) is 10.9. The maximum Gasteiger partial charge on any atom is 0.156 e. The lowest BCUT2D eigenvalue weighted by molar-refractivity contribution is 1.06. The minimum absolute atomic E-state index is 0.314. The highest BCUT2D eigenvalue weighted by Crippen LogP contribution is 2.30. The molecule has 3 heterocycles. The van der Waals surface area contributed by atoms with Crippen LogP contribution in [0, 0.1) is 11.3 Å². The summed E-state index contributed by atoms with van der Waals surface area (Å²) in [6.07, 6.45) is 2.20. The third-order valence-corrected chi connectivity index (χ3v) is 3.87. The van der Waals surface area contributed by atoms with E-state index in [1.54, 1.807) is 17.4 Å². The van der Waals surface area contributed by atoms with Crippen LogP contribution in [0.25, 0.3) is 16.2 Å². The van der Waals surface area contributed by atoms with E-state index in [1.807, 2.05) is 34.2 Å². The lowest BCUT2D eigenvalue weighted by Gasteiger charge is -1.99. The van der Waals surface area contributed by atoms with Crippen LogP contribution in [0.3, 0.4) is 0 Å². The summed E-state index contributed by atoms with van der Waals surface area (Å²) in [7, 11) is 0. The Hall–Kier alpha value is -1.83. The summed E-state index contributed by atoms with van der Waals surface area (Å²) in [5, 5.41) is 11.6. The topological polar surface area (TPSA) is 41.1 Å². The van der Waals surface area contributed by atoms with Gasteiger partial charge in [-0.2, -0.15) is 5.26 Å². The van der Waals surface area contributed by atoms with Crippen LogP contribution in [0.1, 0.15) is 5.69 Å². The van der Waals surface area contributed by atoms with Gasteiger partial charge in [0, 0.05) is 6.20 Å². The highest BCUT2D eigenvalue weighted by Gasteiger charge is 2.15. The van der Waals surface area contributed by atoms with E-state index < -0.39 is 0 Å². The Balaban J connectivity index is 2.35. The monoisotopic (exact) mass is 273 g/mol. The third kappa shape index (κ3) is 1.69. The Morgan fingerprint density at radius 2 is 2.28 bits per heavy atom. The van der Waals surface area contributed by atoms with E-state index in [9.17, 15) is 0 Å². The molecule has 0 radical (unpaired) electrons. The van der Waals surface area contributed by atoms with E-state index in [1.165, 1.54) is 0 Å². The Bertz CT molecular complexity index is 738. The van der Waals surface area contributed by atoms with Crippen molar-refractivity contribution in [3.05, 3.63) is 46.6 Å². The Kier molecular flexibility index (Phi) is 2.78. The first-order valence-electron chi connectivity index (χ1n) is 5.37. The summed E-state index contributed by atoms with van der Waals surface area (Å²) in [6, 6.07) is 9.82. The van der Waals surface area contributed by atoms with Gasteiger partial charge in [-0.1, -0.05) is 17.7 Å². The fourth-order valence-electron chi connectivity index (χ4n) is 1.94. The number of pyridine rings is 1. The van der Waals surface area contributed by atoms with Gasteiger partial charge in [-0.3, -0.25) is 0 Å². The van der Waals surface area contributed by atoms with Crippen LogP contribution in [-0.2, 0) is 6.42 Å². The van der Waals surface area contributed by atoms with Gasteiger partial charge in [0.05, 0.1) is 28.1 Å². The van der Waals surface area contributed by atoms with Crippen LogP contribution in [0.5, 0.6) is 0 Å². The van der Waals surface area contributed by atoms with Crippen LogP contribution in [0.2, 0.25) is 5.02 Å². The second-order valence-corrected chi connectivity index (χ2v) is 5.12. The van der Waals surface area contributed by atoms with Crippen LogP contribution in [0.4, 0.5) is 0 Å². The summed E-state index contributed by atoms with van der Waals surface area (Å²) in [5.74, 6) is 0. The van der Waals surface area contributed by atoms with Gasteiger partial charge >= 0.3 is 0 Å². The van der Waals surface area contributed by atoms with E-state index in [0.29, 0.717) is 17.1 Å². The Morgan fingerprint density at radius 1 is 1.39 bits per heavy atom. The van der Waals surface area contributed by atoms with Crippen molar-refractivity contribution in [2.24, 2.45) is 0 Å². The molecule has 5 heteroatoms. The molecule has 0 N–H and O–H groups in total. The molecule has 3 aromatic heterocycles. The van der Waals surface area contributed by atoms with E-state index in [-0.39, 0.29) is 0 Å². The minimum Gasteiger partial charge on any atom is -0.301 e. The number of hydrogen-bond donors (Lipinski definition) is 0. The summed E-state index contributed by atoms with van der Waals surface area (Å²) in [5.41, 5.74) is 2.44. The number of nitrogens with zero attached hydrogens (tertiary/aromatic N) is 3. The maximum absolute atomic E-state index is 8.97. The van der Waals surface area contributed by atoms with Gasteiger partial charge in [0.25, 0.3) is 0 Å². The molecule has 0 saturated heterocycles. The van der Waals surface area contributed by atoms with E-state index in [0.717, 1.165) is 16.3 Å². The van der Waals surface area contributed by atoms with Gasteiger partial charge in [-0.25, -0.2) is 4.98 Å². The van der Waals surface area contributed by atoms with Gasteiger partial charge < -0.3 is 4.40 Å². The summed E-state index contributed by atoms with van der Waals surface area (Å²) >= 11 is 7.75. The second-order valence-electron chi connectivity index (χ2n) is 3.77. The Morgan fingerprint density at radius 3 is 3.00 bits per heavy atom. The molecule has 0 aliphatic carbocycles. The summed E-state index contributed by atoms with van der Waals surface area (Å²) in [4.78, 5) is 5.62. The lowest BCUT2D eigenvalue weighted by atomic mass is 10.2. The molecule has 0 unspecified atom stereocenters. The number of halogens is 1. The quantitative estimate of drug-likeness (QED) is 0.713. The smallest absolute Gasteiger partial charge is 0.156 e. The van der Waals surface area contributed by atoms with E-state index >= 15 is 0 Å². The van der Waals surface area contributed by atoms with Crippen LogP contribution < -0.4 is 0 Å². The first-order chi connectivity index (χ1) is 8.81. The largest absolute Gasteiger partial charge is 0.301 e. The highest BCUT2D eigenvalue weighted by molar-refractivity contribution is 7.13. The first kappa shape index (κ1) is 11.3. The summed E-state index contributed by atoms with van der Waals surface area (Å²) in [6.45, 7) is 0. The predicted octanol–water partition coefficient (Wildman–Crippen LogP) is 3.78. The molecule has 88 valence electrons. The van der Waals surface area contributed by atoms with Crippen molar-refractivity contribution in [1.82, 2.24) is 9.38 Å². The molecule has 3 nitrogen and oxygen atoms in total. The van der Waals surface area contributed by atoms with Crippen LogP contribution >= 0.6 is 22.9 Å². The molecular formula is C13H8ClN3S. The fourth-order valence-corrected chi connectivity index (χ4v) is 2.88. The normalized spacial score (nSPS) is 10.7. The molecule has 0 aliphatic heterocycles. The van der Waals surface area contributed by atoms with Crippen LogP contribution in [0.15, 0.2) is 35.8 Å². The Labute approximate surface area is 113 Å². The number of aromatic nitrogens is 2. The van der Waals surface area contributed by atoms with Crippen molar-refractivity contribution in [2.75, 3.05) is 0 Å². The van der Waals surface area contributed by atoms with E-state index in [2.05, 4.69) is 11.1 Å². The maximum atomic E-state index is 8.97. The SMILES string of the molecule is N#CCc1c(-c2cccs2)nc2c(Cl)cccn12. The molecule has 3 rings (SSSR count). The molecule has 0 fully saturated rings. The number of imidazole rings is 1. The molecule has 3 aromatic rings. The van der Waals surface area contributed by atoms with Crippen molar-refractivity contribution in [3.8, 4) is 16.6 Å². The molecule has 0 aromatic carbocycles. The molecule has 0 amide bonds. The highest BCUT2D eigenvalue weighted by atomic mass is 35.5. The average Bonchev–Trinajstić information content (AvgIpc) is 2.98. The van der Waals surface area contributed by atoms with Gasteiger partial charge in [-0.15, -0.1) is 11.3 Å². The van der Waals surface area contributed by atoms with Gasteiger partial charge in [0.2, 0.25) is 0 Å². The molecular weight excluding hydrogens is 266 g/mol. The van der Waals surface area contributed by atoms with Gasteiger partial charge in [0.15, 0.2) is 5.65 Å². The van der Waals surface area contributed by atoms with Gasteiger partial charge in [0.1, 0.15) is 5.69 Å². The van der Waals surface area contributed by atoms with E-state index in [4.69, 9.17) is 16.9 Å². The zero-order chi connectivity index (χ0) is 12.5. The average molecular weight is 274 g/mol.